The molecule has 1 heterocycles. The van der Waals surface area contributed by atoms with Crippen LogP contribution in [-0.2, 0) is 13.2 Å². The molecule has 0 atom stereocenters. The van der Waals surface area contributed by atoms with Crippen molar-refractivity contribution in [3.05, 3.63) is 44.9 Å². The topological polar surface area (TPSA) is 26.0 Å². The third-order valence-corrected chi connectivity index (χ3v) is 5.43. The number of halogens is 1. The van der Waals surface area contributed by atoms with E-state index in [0.717, 1.165) is 22.5 Å². The number of aromatic nitrogens is 3. The van der Waals surface area contributed by atoms with Crippen LogP contribution in [0.15, 0.2) is 28.7 Å². The van der Waals surface area contributed by atoms with Crippen LogP contribution in [0.4, 0.5) is 0 Å². The van der Waals surface area contributed by atoms with Crippen molar-refractivity contribution in [2.45, 2.75) is 50.9 Å². The minimum atomic E-state index is 0.614. The van der Waals surface area contributed by atoms with Gasteiger partial charge in [-0.1, -0.05) is 28.1 Å². The fourth-order valence-corrected chi connectivity index (χ4v) is 3.61. The highest BCUT2D eigenvalue weighted by atomic mass is 79.9. The van der Waals surface area contributed by atoms with E-state index in [9.17, 15) is 0 Å². The van der Waals surface area contributed by atoms with Gasteiger partial charge < -0.3 is 4.57 Å². The van der Waals surface area contributed by atoms with Crippen LogP contribution < -0.4 is 0 Å². The van der Waals surface area contributed by atoms with Gasteiger partial charge in [-0.2, -0.15) is 5.10 Å². The van der Waals surface area contributed by atoms with Gasteiger partial charge in [0.1, 0.15) is 5.82 Å². The molecule has 122 valence electrons. The Kier molecular flexibility index (Phi) is 4.15. The van der Waals surface area contributed by atoms with Gasteiger partial charge in [-0.15, -0.1) is 0 Å². The summed E-state index contributed by atoms with van der Waals surface area (Å²) >= 11 is 9.19. The molecule has 1 aromatic heterocycles. The molecule has 2 aliphatic carbocycles. The smallest absolute Gasteiger partial charge is 0.199 e. The van der Waals surface area contributed by atoms with Gasteiger partial charge in [-0.25, -0.2) is 4.68 Å². The van der Waals surface area contributed by atoms with E-state index >= 15 is 0 Å². The quantitative estimate of drug-likeness (QED) is 0.677. The number of rotatable bonds is 6. The summed E-state index contributed by atoms with van der Waals surface area (Å²) in [6, 6.07) is 9.09. The summed E-state index contributed by atoms with van der Waals surface area (Å²) < 4.78 is 6.36. The van der Waals surface area contributed by atoms with Gasteiger partial charge in [0.05, 0.1) is 6.67 Å². The Labute approximate surface area is 150 Å². The lowest BCUT2D eigenvalue weighted by atomic mass is 10.2. The largest absolute Gasteiger partial charge is 0.301 e. The molecule has 0 saturated heterocycles. The van der Waals surface area contributed by atoms with Gasteiger partial charge in [0.25, 0.3) is 0 Å². The average molecular weight is 393 g/mol. The average Bonchev–Trinajstić information content (AvgIpc) is 3.42. The van der Waals surface area contributed by atoms with E-state index in [0.29, 0.717) is 12.0 Å². The molecule has 0 radical (unpaired) electrons. The molecule has 2 aliphatic rings. The Morgan fingerprint density at radius 1 is 1.22 bits per heavy atom. The zero-order valence-electron chi connectivity index (χ0n) is 13.3. The number of hydrogen-bond acceptors (Lipinski definition) is 3. The third kappa shape index (κ3) is 3.44. The third-order valence-electron chi connectivity index (χ3n) is 4.49. The predicted octanol–water partition coefficient (Wildman–Crippen LogP) is 4.48. The fourth-order valence-electron chi connectivity index (χ4n) is 3.01. The second-order valence-electron chi connectivity index (χ2n) is 6.80. The maximum Gasteiger partial charge on any atom is 0.199 e. The van der Waals surface area contributed by atoms with Crippen molar-refractivity contribution in [3.63, 3.8) is 0 Å². The van der Waals surface area contributed by atoms with Gasteiger partial charge in [0.2, 0.25) is 0 Å². The summed E-state index contributed by atoms with van der Waals surface area (Å²) in [5.74, 6) is 1.88. The first-order valence-corrected chi connectivity index (χ1v) is 9.44. The summed E-state index contributed by atoms with van der Waals surface area (Å²) in [5.41, 5.74) is 1.30. The normalized spacial score (nSPS) is 17.9. The molecule has 0 bridgehead atoms. The van der Waals surface area contributed by atoms with Crippen LogP contribution in [0.1, 0.15) is 49.0 Å². The van der Waals surface area contributed by atoms with Crippen molar-refractivity contribution in [2.75, 3.05) is 7.05 Å². The molecule has 0 unspecified atom stereocenters. The molecule has 2 saturated carbocycles. The lowest BCUT2D eigenvalue weighted by Crippen LogP contribution is -2.22. The van der Waals surface area contributed by atoms with Crippen molar-refractivity contribution >= 4 is 28.1 Å². The molecule has 6 heteroatoms. The van der Waals surface area contributed by atoms with E-state index in [2.05, 4.69) is 56.7 Å². The van der Waals surface area contributed by atoms with Crippen LogP contribution in [-0.4, -0.2) is 26.3 Å². The summed E-state index contributed by atoms with van der Waals surface area (Å²) in [4.78, 5) is 2.26. The van der Waals surface area contributed by atoms with Crippen LogP contribution in [0.25, 0.3) is 0 Å². The molecule has 0 spiro atoms. The SMILES string of the molecule is CN(Cc1ccc(Br)cc1)Cn1nc(C2CC2)n(C2CC2)c1=S. The van der Waals surface area contributed by atoms with Gasteiger partial charge in [0, 0.05) is 23.0 Å². The molecule has 0 amide bonds. The van der Waals surface area contributed by atoms with E-state index in [1.807, 2.05) is 4.68 Å². The lowest BCUT2D eigenvalue weighted by Gasteiger charge is -2.16. The van der Waals surface area contributed by atoms with E-state index in [4.69, 9.17) is 17.3 Å². The monoisotopic (exact) mass is 392 g/mol. The first kappa shape index (κ1) is 15.5. The van der Waals surface area contributed by atoms with E-state index in [1.54, 1.807) is 0 Å². The minimum absolute atomic E-state index is 0.614. The summed E-state index contributed by atoms with van der Waals surface area (Å²) in [7, 11) is 2.12. The van der Waals surface area contributed by atoms with Gasteiger partial charge >= 0.3 is 0 Å². The van der Waals surface area contributed by atoms with Gasteiger partial charge in [0.15, 0.2) is 4.77 Å². The van der Waals surface area contributed by atoms with Crippen LogP contribution in [0.3, 0.4) is 0 Å². The number of benzene rings is 1. The summed E-state index contributed by atoms with van der Waals surface area (Å²) in [6.45, 7) is 1.64. The highest BCUT2D eigenvalue weighted by Crippen LogP contribution is 2.44. The maximum atomic E-state index is 5.71. The fraction of sp³-hybridized carbons (Fsp3) is 0.529. The molecule has 0 N–H and O–H groups in total. The molecule has 0 aliphatic heterocycles. The van der Waals surface area contributed by atoms with Crippen LogP contribution in [0, 0.1) is 4.77 Å². The molecule has 1 aromatic carbocycles. The minimum Gasteiger partial charge on any atom is -0.301 e. The molecular formula is C17H21BrN4S. The Balaban J connectivity index is 1.50. The Bertz CT molecular complexity index is 756. The summed E-state index contributed by atoms with van der Waals surface area (Å²) in [5, 5.41) is 4.86. The van der Waals surface area contributed by atoms with E-state index in [1.165, 1.54) is 37.1 Å². The van der Waals surface area contributed by atoms with Crippen LogP contribution in [0.2, 0.25) is 0 Å². The molecule has 2 aromatic rings. The van der Waals surface area contributed by atoms with E-state index in [-0.39, 0.29) is 0 Å². The highest BCUT2D eigenvalue weighted by molar-refractivity contribution is 9.10. The molecule has 4 rings (SSSR count). The summed E-state index contributed by atoms with van der Waals surface area (Å²) in [6.07, 6.45) is 5.06. The van der Waals surface area contributed by atoms with Crippen molar-refractivity contribution in [1.29, 1.82) is 0 Å². The molecule has 23 heavy (non-hydrogen) atoms. The van der Waals surface area contributed by atoms with Crippen LogP contribution >= 0.6 is 28.1 Å². The lowest BCUT2D eigenvalue weighted by molar-refractivity contribution is 0.243. The second kappa shape index (κ2) is 6.15. The van der Waals surface area contributed by atoms with Crippen molar-refractivity contribution in [2.24, 2.45) is 0 Å². The highest BCUT2D eigenvalue weighted by Gasteiger charge is 2.35. The molecule has 4 nitrogen and oxygen atoms in total. The predicted molar refractivity (Wildman–Crippen MR) is 96.9 cm³/mol. The Morgan fingerprint density at radius 2 is 1.91 bits per heavy atom. The first-order valence-electron chi connectivity index (χ1n) is 8.24. The van der Waals surface area contributed by atoms with Crippen molar-refractivity contribution in [1.82, 2.24) is 19.2 Å². The zero-order chi connectivity index (χ0) is 16.0. The van der Waals surface area contributed by atoms with Gasteiger partial charge in [-0.05, 0) is 62.6 Å². The zero-order valence-corrected chi connectivity index (χ0v) is 15.7. The maximum absolute atomic E-state index is 5.71. The molecular weight excluding hydrogens is 372 g/mol. The Morgan fingerprint density at radius 3 is 2.52 bits per heavy atom. The molecule has 2 fully saturated rings. The van der Waals surface area contributed by atoms with Crippen molar-refractivity contribution < 1.29 is 0 Å². The second-order valence-corrected chi connectivity index (χ2v) is 8.08. The standard InChI is InChI=1S/C17H21BrN4S/c1-20(10-12-2-6-14(18)7-3-12)11-21-17(23)22(15-8-9-15)16(19-21)13-4-5-13/h2-3,6-7,13,15H,4-5,8-11H2,1H3. The van der Waals surface area contributed by atoms with Gasteiger partial charge in [-0.3, -0.25) is 4.90 Å². The number of hydrogen-bond donors (Lipinski definition) is 0. The number of nitrogens with zero attached hydrogens (tertiary/aromatic N) is 4. The Hall–Kier alpha value is -0.980. The van der Waals surface area contributed by atoms with Crippen LogP contribution in [0.5, 0.6) is 0 Å². The first-order chi connectivity index (χ1) is 11.1. The van der Waals surface area contributed by atoms with Crippen molar-refractivity contribution in [3.8, 4) is 0 Å². The van der Waals surface area contributed by atoms with E-state index < -0.39 is 0 Å².